The van der Waals surface area contributed by atoms with E-state index < -0.39 is 0 Å². The van der Waals surface area contributed by atoms with Gasteiger partial charge in [0.25, 0.3) is 0 Å². The Kier molecular flexibility index (Phi) is 4.93. The topological polar surface area (TPSA) is 42.0 Å². The minimum atomic E-state index is -0.0558. The lowest BCUT2D eigenvalue weighted by Crippen LogP contribution is -2.14. The molecule has 0 spiro atoms. The number of benzene rings is 1. The first-order chi connectivity index (χ1) is 9.21. The predicted octanol–water partition coefficient (Wildman–Crippen LogP) is 3.63. The molecule has 0 saturated carbocycles. The van der Waals surface area contributed by atoms with Gasteiger partial charge >= 0.3 is 0 Å². The van der Waals surface area contributed by atoms with Crippen molar-refractivity contribution in [3.05, 3.63) is 45.9 Å². The van der Waals surface area contributed by atoms with Gasteiger partial charge in [0.05, 0.1) is 18.0 Å². The summed E-state index contributed by atoms with van der Waals surface area (Å²) < 4.78 is 0. The number of aryl methyl sites for hydroxylation is 1. The molecule has 0 saturated heterocycles. The van der Waals surface area contributed by atoms with Crippen LogP contribution in [0, 0.1) is 0 Å². The number of nitrogens with zero attached hydrogens (tertiary/aromatic N) is 1. The zero-order valence-corrected chi connectivity index (χ0v) is 12.2. The van der Waals surface area contributed by atoms with Gasteiger partial charge in [0.15, 0.2) is 0 Å². The second-order valence-corrected chi connectivity index (χ2v) is 5.35. The normalized spacial score (nSPS) is 10.4. The third-order valence-corrected chi connectivity index (χ3v) is 3.87. The van der Waals surface area contributed by atoms with E-state index in [2.05, 4.69) is 17.2 Å². The Morgan fingerprint density at radius 1 is 1.37 bits per heavy atom. The van der Waals surface area contributed by atoms with Crippen LogP contribution in [0.3, 0.4) is 0 Å². The molecule has 1 heterocycles. The molecule has 3 nitrogen and oxygen atoms in total. The lowest BCUT2D eigenvalue weighted by molar-refractivity contribution is -0.115. The van der Waals surface area contributed by atoms with Crippen LogP contribution in [-0.4, -0.2) is 10.9 Å². The minimum absolute atomic E-state index is 0.0558. The summed E-state index contributed by atoms with van der Waals surface area (Å²) in [7, 11) is 0. The van der Waals surface area contributed by atoms with Crippen molar-refractivity contribution in [2.75, 3.05) is 5.32 Å². The standard InChI is InChI=1S/C14H15ClN2OS/c1-2-10-3-5-11(6-4-10)16-13(18)7-14-17-12(8-15)9-19-14/h3-6,9H,2,7-8H2,1H3,(H,16,18). The highest BCUT2D eigenvalue weighted by molar-refractivity contribution is 7.09. The van der Waals surface area contributed by atoms with Crippen LogP contribution in [0.15, 0.2) is 29.6 Å². The van der Waals surface area contributed by atoms with Crippen molar-refractivity contribution in [3.8, 4) is 0 Å². The summed E-state index contributed by atoms with van der Waals surface area (Å²) in [5.74, 6) is 0.330. The molecule has 5 heteroatoms. The van der Waals surface area contributed by atoms with Gasteiger partial charge in [-0.1, -0.05) is 19.1 Å². The van der Waals surface area contributed by atoms with E-state index >= 15 is 0 Å². The Labute approximate surface area is 121 Å². The molecule has 2 rings (SSSR count). The fraction of sp³-hybridized carbons (Fsp3) is 0.286. The molecule has 0 bridgehead atoms. The van der Waals surface area contributed by atoms with Crippen LogP contribution in [0.5, 0.6) is 0 Å². The monoisotopic (exact) mass is 294 g/mol. The molecule has 0 fully saturated rings. The second kappa shape index (κ2) is 6.68. The number of hydrogen-bond donors (Lipinski definition) is 1. The van der Waals surface area contributed by atoms with E-state index in [-0.39, 0.29) is 12.3 Å². The minimum Gasteiger partial charge on any atom is -0.326 e. The van der Waals surface area contributed by atoms with E-state index in [0.29, 0.717) is 5.88 Å². The predicted molar refractivity (Wildman–Crippen MR) is 79.8 cm³/mol. The van der Waals surface area contributed by atoms with Crippen molar-refractivity contribution in [1.29, 1.82) is 0 Å². The number of aromatic nitrogens is 1. The van der Waals surface area contributed by atoms with Gasteiger partial charge in [-0.2, -0.15) is 0 Å². The SMILES string of the molecule is CCc1ccc(NC(=O)Cc2nc(CCl)cs2)cc1. The highest BCUT2D eigenvalue weighted by Crippen LogP contribution is 2.14. The molecule has 100 valence electrons. The molecule has 19 heavy (non-hydrogen) atoms. The van der Waals surface area contributed by atoms with Crippen LogP contribution < -0.4 is 5.32 Å². The van der Waals surface area contributed by atoms with Crippen LogP contribution in [0.25, 0.3) is 0 Å². The maximum atomic E-state index is 11.9. The quantitative estimate of drug-likeness (QED) is 0.856. The molecule has 1 N–H and O–H groups in total. The third-order valence-electron chi connectivity index (χ3n) is 2.69. The van der Waals surface area contributed by atoms with Crippen molar-refractivity contribution in [3.63, 3.8) is 0 Å². The maximum absolute atomic E-state index is 11.9. The third kappa shape index (κ3) is 4.04. The molecule has 0 aliphatic heterocycles. The summed E-state index contributed by atoms with van der Waals surface area (Å²) >= 11 is 7.14. The number of halogens is 1. The number of nitrogens with one attached hydrogen (secondary N) is 1. The number of anilines is 1. The Balaban J connectivity index is 1.93. The van der Waals surface area contributed by atoms with Crippen molar-refractivity contribution in [2.45, 2.75) is 25.6 Å². The number of carbonyl (C=O) groups excluding carboxylic acids is 1. The Morgan fingerprint density at radius 3 is 2.68 bits per heavy atom. The average molecular weight is 295 g/mol. The molecule has 1 aromatic heterocycles. The van der Waals surface area contributed by atoms with Crippen molar-refractivity contribution in [2.24, 2.45) is 0 Å². The van der Waals surface area contributed by atoms with Gasteiger partial charge in [-0.3, -0.25) is 4.79 Å². The van der Waals surface area contributed by atoms with Gasteiger partial charge in [-0.15, -0.1) is 22.9 Å². The highest BCUT2D eigenvalue weighted by atomic mass is 35.5. The summed E-state index contributed by atoms with van der Waals surface area (Å²) in [5, 5.41) is 5.53. The van der Waals surface area contributed by atoms with Gasteiger partial charge in [0.2, 0.25) is 5.91 Å². The smallest absolute Gasteiger partial charge is 0.231 e. The lowest BCUT2D eigenvalue weighted by atomic mass is 10.1. The molecule has 0 atom stereocenters. The summed E-state index contributed by atoms with van der Waals surface area (Å²) in [4.78, 5) is 16.1. The van der Waals surface area contributed by atoms with Gasteiger partial charge in [-0.05, 0) is 24.1 Å². The molecule has 0 aliphatic carbocycles. The number of alkyl halides is 1. The second-order valence-electron chi connectivity index (χ2n) is 4.14. The maximum Gasteiger partial charge on any atom is 0.231 e. The molecular formula is C14H15ClN2OS. The van der Waals surface area contributed by atoms with Crippen LogP contribution in [0.1, 0.15) is 23.2 Å². The number of amides is 1. The molecule has 0 radical (unpaired) electrons. The molecule has 1 aromatic carbocycles. The lowest BCUT2D eigenvalue weighted by Gasteiger charge is -2.04. The van der Waals surface area contributed by atoms with Crippen molar-refractivity contribution in [1.82, 2.24) is 4.98 Å². The van der Waals surface area contributed by atoms with Crippen molar-refractivity contribution < 1.29 is 4.79 Å². The van der Waals surface area contributed by atoms with Gasteiger partial charge in [-0.25, -0.2) is 4.98 Å². The van der Waals surface area contributed by atoms with Gasteiger partial charge in [0, 0.05) is 11.1 Å². The van der Waals surface area contributed by atoms with Crippen molar-refractivity contribution >= 4 is 34.5 Å². The fourth-order valence-corrected chi connectivity index (χ4v) is 2.68. The molecule has 1 amide bonds. The van der Waals surface area contributed by atoms with E-state index in [0.717, 1.165) is 22.8 Å². The van der Waals surface area contributed by atoms with Gasteiger partial charge < -0.3 is 5.32 Å². The van der Waals surface area contributed by atoms with Crippen LogP contribution in [-0.2, 0) is 23.5 Å². The number of rotatable bonds is 5. The molecule has 0 unspecified atom stereocenters. The zero-order chi connectivity index (χ0) is 13.7. The Bertz CT molecular complexity index is 551. The number of hydrogen-bond acceptors (Lipinski definition) is 3. The number of thiazole rings is 1. The first kappa shape index (κ1) is 14.0. The van der Waals surface area contributed by atoms with E-state index in [9.17, 15) is 4.79 Å². The fourth-order valence-electron chi connectivity index (χ4n) is 1.66. The van der Waals surface area contributed by atoms with Crippen LogP contribution in [0.4, 0.5) is 5.69 Å². The molecular weight excluding hydrogens is 280 g/mol. The highest BCUT2D eigenvalue weighted by Gasteiger charge is 2.08. The summed E-state index contributed by atoms with van der Waals surface area (Å²) in [6, 6.07) is 7.88. The molecule has 0 aliphatic rings. The van der Waals surface area contributed by atoms with E-state index in [1.54, 1.807) is 0 Å². The molecule has 2 aromatic rings. The summed E-state index contributed by atoms with van der Waals surface area (Å²) in [6.07, 6.45) is 1.28. The zero-order valence-electron chi connectivity index (χ0n) is 10.6. The first-order valence-corrected chi connectivity index (χ1v) is 7.50. The van der Waals surface area contributed by atoms with E-state index in [1.165, 1.54) is 16.9 Å². The Hall–Kier alpha value is -1.39. The number of carbonyl (C=O) groups is 1. The van der Waals surface area contributed by atoms with E-state index in [1.807, 2.05) is 29.6 Å². The first-order valence-electron chi connectivity index (χ1n) is 6.09. The van der Waals surface area contributed by atoms with Gasteiger partial charge in [0.1, 0.15) is 5.01 Å². The van der Waals surface area contributed by atoms with Crippen LogP contribution >= 0.6 is 22.9 Å². The Morgan fingerprint density at radius 2 is 2.11 bits per heavy atom. The average Bonchev–Trinajstić information content (AvgIpc) is 2.87. The van der Waals surface area contributed by atoms with Crippen LogP contribution in [0.2, 0.25) is 0 Å². The summed E-state index contributed by atoms with van der Waals surface area (Å²) in [6.45, 7) is 2.10. The van der Waals surface area contributed by atoms with E-state index in [4.69, 9.17) is 11.6 Å². The largest absolute Gasteiger partial charge is 0.326 e. The summed E-state index contributed by atoms with van der Waals surface area (Å²) in [5.41, 5.74) is 2.89.